The number of amides is 1. The van der Waals surface area contributed by atoms with Gasteiger partial charge in [0.1, 0.15) is 0 Å². The molecule has 5 heteroatoms. The quantitative estimate of drug-likeness (QED) is 0.597. The minimum atomic E-state index is -0.625. The van der Waals surface area contributed by atoms with Gasteiger partial charge in [-0.2, -0.15) is 0 Å². The normalized spacial score (nSPS) is 11.5. The van der Waals surface area contributed by atoms with Crippen molar-refractivity contribution in [3.8, 4) is 0 Å². The third kappa shape index (κ3) is 5.44. The van der Waals surface area contributed by atoms with E-state index in [1.807, 2.05) is 60.7 Å². The van der Waals surface area contributed by atoms with E-state index in [4.69, 9.17) is 16.3 Å². The fourth-order valence-corrected chi connectivity index (χ4v) is 3.07. The molecule has 0 unspecified atom stereocenters. The first-order chi connectivity index (χ1) is 13.6. The minimum absolute atomic E-state index is 0.227. The van der Waals surface area contributed by atoms with Crippen LogP contribution in [-0.4, -0.2) is 18.5 Å². The second kappa shape index (κ2) is 9.72. The summed E-state index contributed by atoms with van der Waals surface area (Å²) in [6.07, 6.45) is 0.634. The molecule has 28 heavy (non-hydrogen) atoms. The Labute approximate surface area is 169 Å². The molecular weight excluding hydrogens is 374 g/mol. The molecule has 142 valence electrons. The van der Waals surface area contributed by atoms with Crippen molar-refractivity contribution >= 4 is 23.5 Å². The summed E-state index contributed by atoms with van der Waals surface area (Å²) in [7, 11) is 0. The van der Waals surface area contributed by atoms with Gasteiger partial charge in [0.15, 0.2) is 6.61 Å². The molecule has 0 bridgehead atoms. The van der Waals surface area contributed by atoms with Crippen LogP contribution >= 0.6 is 11.6 Å². The summed E-state index contributed by atoms with van der Waals surface area (Å²) >= 11 is 5.99. The smallest absolute Gasteiger partial charge is 0.340 e. The molecule has 4 nitrogen and oxygen atoms in total. The number of ether oxygens (including phenoxy) is 1. The van der Waals surface area contributed by atoms with Crippen LogP contribution in [0.4, 0.5) is 0 Å². The molecule has 1 amide bonds. The number of benzene rings is 3. The monoisotopic (exact) mass is 393 g/mol. The highest BCUT2D eigenvalue weighted by Gasteiger charge is 2.18. The molecule has 1 atom stereocenters. The maximum Gasteiger partial charge on any atom is 0.340 e. The van der Waals surface area contributed by atoms with E-state index < -0.39 is 5.97 Å². The molecule has 3 aromatic carbocycles. The molecule has 0 heterocycles. The molecule has 0 aliphatic rings. The van der Waals surface area contributed by atoms with Crippen molar-refractivity contribution in [2.24, 2.45) is 0 Å². The number of nitrogens with one attached hydrogen (secondary N) is 1. The number of halogens is 1. The van der Waals surface area contributed by atoms with Gasteiger partial charge in [0.2, 0.25) is 0 Å². The summed E-state index contributed by atoms with van der Waals surface area (Å²) in [4.78, 5) is 24.5. The van der Waals surface area contributed by atoms with Gasteiger partial charge in [-0.25, -0.2) is 4.79 Å². The van der Waals surface area contributed by atoms with Gasteiger partial charge in [-0.15, -0.1) is 0 Å². The fourth-order valence-electron chi connectivity index (χ4n) is 2.86. The maximum absolute atomic E-state index is 12.4. The van der Waals surface area contributed by atoms with E-state index in [0.29, 0.717) is 11.4 Å². The standard InChI is InChI=1S/C23H20ClNO3/c24-20-14-8-7-13-19(20)23(27)28-16-22(26)25-21(18-11-5-2-6-12-18)15-17-9-3-1-4-10-17/h1-14,21H,15-16H2,(H,25,26)/t21-/m1/s1. The van der Waals surface area contributed by atoms with Crippen LogP contribution < -0.4 is 5.32 Å². The van der Waals surface area contributed by atoms with Gasteiger partial charge >= 0.3 is 5.97 Å². The molecule has 0 aliphatic carbocycles. The highest BCUT2D eigenvalue weighted by molar-refractivity contribution is 6.33. The molecule has 0 saturated carbocycles. The van der Waals surface area contributed by atoms with Crippen LogP contribution in [0.1, 0.15) is 27.5 Å². The molecule has 0 aliphatic heterocycles. The van der Waals surface area contributed by atoms with Crippen LogP contribution in [0.3, 0.4) is 0 Å². The Balaban J connectivity index is 1.64. The molecule has 3 aromatic rings. The average molecular weight is 394 g/mol. The predicted octanol–water partition coefficient (Wildman–Crippen LogP) is 4.60. The summed E-state index contributed by atoms with van der Waals surface area (Å²) < 4.78 is 5.12. The number of carbonyl (C=O) groups is 2. The lowest BCUT2D eigenvalue weighted by molar-refractivity contribution is -0.125. The van der Waals surface area contributed by atoms with Crippen LogP contribution in [0, 0.1) is 0 Å². The fraction of sp³-hybridized carbons (Fsp3) is 0.130. The van der Waals surface area contributed by atoms with Crippen LogP contribution in [0.25, 0.3) is 0 Å². The van der Waals surface area contributed by atoms with Crippen molar-refractivity contribution in [2.45, 2.75) is 12.5 Å². The van der Waals surface area contributed by atoms with E-state index >= 15 is 0 Å². The van der Waals surface area contributed by atoms with Gasteiger partial charge in [-0.3, -0.25) is 4.79 Å². The first-order valence-corrected chi connectivity index (χ1v) is 9.31. The number of hydrogen-bond acceptors (Lipinski definition) is 3. The van der Waals surface area contributed by atoms with E-state index in [2.05, 4.69) is 5.32 Å². The summed E-state index contributed by atoms with van der Waals surface area (Å²) in [5, 5.41) is 3.24. The van der Waals surface area contributed by atoms with E-state index in [-0.39, 0.29) is 24.1 Å². The first kappa shape index (κ1) is 19.6. The molecule has 0 radical (unpaired) electrons. The van der Waals surface area contributed by atoms with Crippen molar-refractivity contribution in [1.29, 1.82) is 0 Å². The zero-order valence-electron chi connectivity index (χ0n) is 15.2. The van der Waals surface area contributed by atoms with E-state index in [0.717, 1.165) is 11.1 Å². The largest absolute Gasteiger partial charge is 0.452 e. The predicted molar refractivity (Wildman–Crippen MR) is 109 cm³/mol. The van der Waals surface area contributed by atoms with Crippen molar-refractivity contribution in [3.05, 3.63) is 107 Å². The lowest BCUT2D eigenvalue weighted by Gasteiger charge is -2.19. The Morgan fingerprint density at radius 1 is 0.857 bits per heavy atom. The van der Waals surface area contributed by atoms with Gasteiger partial charge < -0.3 is 10.1 Å². The van der Waals surface area contributed by atoms with Crippen LogP contribution in [0.5, 0.6) is 0 Å². The Morgan fingerprint density at radius 3 is 2.14 bits per heavy atom. The highest BCUT2D eigenvalue weighted by atomic mass is 35.5. The Bertz CT molecular complexity index is 929. The number of esters is 1. The van der Waals surface area contributed by atoms with Gasteiger partial charge in [-0.1, -0.05) is 84.4 Å². The van der Waals surface area contributed by atoms with Crippen molar-refractivity contribution in [2.75, 3.05) is 6.61 Å². The second-order valence-electron chi connectivity index (χ2n) is 6.28. The topological polar surface area (TPSA) is 55.4 Å². The van der Waals surface area contributed by atoms with Crippen LogP contribution in [0.15, 0.2) is 84.9 Å². The van der Waals surface area contributed by atoms with Gasteiger partial charge in [-0.05, 0) is 29.7 Å². The molecule has 0 saturated heterocycles. The summed E-state index contributed by atoms with van der Waals surface area (Å²) in [6.45, 7) is -0.373. The maximum atomic E-state index is 12.4. The second-order valence-corrected chi connectivity index (χ2v) is 6.68. The molecule has 0 aromatic heterocycles. The lowest BCUT2D eigenvalue weighted by atomic mass is 9.99. The third-order valence-corrected chi connectivity index (χ3v) is 4.58. The van der Waals surface area contributed by atoms with Gasteiger partial charge in [0.25, 0.3) is 5.91 Å². The zero-order valence-corrected chi connectivity index (χ0v) is 15.9. The van der Waals surface area contributed by atoms with Gasteiger partial charge in [0.05, 0.1) is 16.6 Å². The third-order valence-electron chi connectivity index (χ3n) is 4.25. The van der Waals surface area contributed by atoms with Crippen molar-refractivity contribution in [3.63, 3.8) is 0 Å². The first-order valence-electron chi connectivity index (χ1n) is 8.93. The molecule has 0 spiro atoms. The SMILES string of the molecule is O=C(COC(=O)c1ccccc1Cl)N[C@H](Cc1ccccc1)c1ccccc1. The average Bonchev–Trinajstić information content (AvgIpc) is 2.73. The lowest BCUT2D eigenvalue weighted by Crippen LogP contribution is -2.33. The molecule has 3 rings (SSSR count). The van der Waals surface area contributed by atoms with Crippen molar-refractivity contribution in [1.82, 2.24) is 5.32 Å². The number of carbonyl (C=O) groups excluding carboxylic acids is 2. The van der Waals surface area contributed by atoms with E-state index in [1.54, 1.807) is 24.3 Å². The Morgan fingerprint density at radius 2 is 1.46 bits per heavy atom. The van der Waals surface area contributed by atoms with E-state index in [9.17, 15) is 9.59 Å². The number of hydrogen-bond donors (Lipinski definition) is 1. The highest BCUT2D eigenvalue weighted by Crippen LogP contribution is 2.19. The summed E-state index contributed by atoms with van der Waals surface area (Å²) in [5.41, 5.74) is 2.32. The van der Waals surface area contributed by atoms with Crippen molar-refractivity contribution < 1.29 is 14.3 Å². The minimum Gasteiger partial charge on any atom is -0.452 e. The molecule has 0 fully saturated rings. The van der Waals surface area contributed by atoms with Gasteiger partial charge in [0, 0.05) is 0 Å². The van der Waals surface area contributed by atoms with E-state index in [1.165, 1.54) is 0 Å². The summed E-state index contributed by atoms with van der Waals surface area (Å²) in [5.74, 6) is -0.995. The Kier molecular flexibility index (Phi) is 6.82. The Hall–Kier alpha value is -3.11. The molecule has 1 N–H and O–H groups in total. The molecular formula is C23H20ClNO3. The summed E-state index contributed by atoms with van der Waals surface area (Å²) in [6, 6.07) is 26.0. The number of rotatable bonds is 7. The van der Waals surface area contributed by atoms with Crippen LogP contribution in [0.2, 0.25) is 5.02 Å². The zero-order chi connectivity index (χ0) is 19.8. The van der Waals surface area contributed by atoms with Crippen LogP contribution in [-0.2, 0) is 16.0 Å².